The first-order chi connectivity index (χ1) is 8.83. The molecule has 1 aliphatic carbocycles. The number of anilines is 1. The van der Waals surface area contributed by atoms with Gasteiger partial charge in [0.25, 0.3) is 0 Å². The minimum Gasteiger partial charge on any atom is -0.367 e. The molecule has 0 saturated heterocycles. The zero-order chi connectivity index (χ0) is 12.8. The number of nitrogens with one attached hydrogen (secondary N) is 1. The maximum atomic E-state index is 5.58. The van der Waals surface area contributed by atoms with Crippen LogP contribution in [0.1, 0.15) is 37.7 Å². The van der Waals surface area contributed by atoms with Crippen LogP contribution in [0.15, 0.2) is 11.4 Å². The molecule has 0 bridgehead atoms. The number of hydrogen-bond donors (Lipinski definition) is 2. The molecule has 0 aromatic carbocycles. The molecule has 1 aromatic rings. The summed E-state index contributed by atoms with van der Waals surface area (Å²) in [6, 6.07) is 0.589. The van der Waals surface area contributed by atoms with Crippen LogP contribution in [0.25, 0.3) is 0 Å². The van der Waals surface area contributed by atoms with Crippen molar-refractivity contribution in [3.05, 3.63) is 11.8 Å². The molecule has 5 heteroatoms. The maximum absolute atomic E-state index is 5.58. The van der Waals surface area contributed by atoms with Crippen LogP contribution in [0.5, 0.6) is 0 Å². The van der Waals surface area contributed by atoms with E-state index in [-0.39, 0.29) is 0 Å². The lowest BCUT2D eigenvalue weighted by molar-refractivity contribution is 0.735. The van der Waals surface area contributed by atoms with E-state index in [4.69, 9.17) is 5.73 Å². The molecule has 0 spiro atoms. The van der Waals surface area contributed by atoms with Crippen LogP contribution < -0.4 is 11.1 Å². The molecular weight excluding hydrogens is 244 g/mol. The zero-order valence-corrected chi connectivity index (χ0v) is 11.8. The van der Waals surface area contributed by atoms with Gasteiger partial charge in [-0.05, 0) is 38.5 Å². The summed E-state index contributed by atoms with van der Waals surface area (Å²) in [5, 5.41) is 4.43. The second-order valence-electron chi connectivity index (χ2n) is 4.75. The van der Waals surface area contributed by atoms with Crippen LogP contribution in [0.4, 0.5) is 5.82 Å². The molecule has 0 atom stereocenters. The van der Waals surface area contributed by atoms with Gasteiger partial charge in [0.05, 0.1) is 0 Å². The lowest BCUT2D eigenvalue weighted by atomic mass is 10.1. The smallest absolute Gasteiger partial charge is 0.189 e. The van der Waals surface area contributed by atoms with Crippen molar-refractivity contribution in [2.24, 2.45) is 5.73 Å². The van der Waals surface area contributed by atoms with Gasteiger partial charge in [-0.1, -0.05) is 24.6 Å². The Kier molecular flexibility index (Phi) is 5.26. The summed E-state index contributed by atoms with van der Waals surface area (Å²) >= 11 is 1.59. The van der Waals surface area contributed by atoms with E-state index in [1.807, 2.05) is 12.5 Å². The normalized spacial score (nSPS) is 16.1. The Morgan fingerprint density at radius 3 is 2.89 bits per heavy atom. The van der Waals surface area contributed by atoms with Crippen LogP contribution >= 0.6 is 11.8 Å². The van der Waals surface area contributed by atoms with E-state index in [1.54, 1.807) is 11.8 Å². The van der Waals surface area contributed by atoms with E-state index in [9.17, 15) is 0 Å². The monoisotopic (exact) mass is 266 g/mol. The van der Waals surface area contributed by atoms with Crippen molar-refractivity contribution in [1.82, 2.24) is 9.97 Å². The number of aryl methyl sites for hydroxylation is 1. The first-order valence-corrected chi connectivity index (χ1v) is 7.92. The largest absolute Gasteiger partial charge is 0.367 e. The Morgan fingerprint density at radius 2 is 2.22 bits per heavy atom. The lowest BCUT2D eigenvalue weighted by Crippen LogP contribution is -2.17. The Morgan fingerprint density at radius 1 is 1.44 bits per heavy atom. The minimum absolute atomic E-state index is 0.589. The SMILES string of the molecule is CSc1ncc(CCCN)c(NC2CCCC2)n1. The van der Waals surface area contributed by atoms with E-state index in [2.05, 4.69) is 15.3 Å². The molecule has 0 amide bonds. The Bertz CT molecular complexity index is 377. The van der Waals surface area contributed by atoms with Gasteiger partial charge in [0, 0.05) is 17.8 Å². The lowest BCUT2D eigenvalue weighted by Gasteiger charge is -2.16. The first-order valence-electron chi connectivity index (χ1n) is 6.70. The third kappa shape index (κ3) is 3.59. The summed E-state index contributed by atoms with van der Waals surface area (Å²) in [4.78, 5) is 8.96. The fourth-order valence-electron chi connectivity index (χ4n) is 2.35. The molecule has 1 saturated carbocycles. The highest BCUT2D eigenvalue weighted by atomic mass is 32.2. The Balaban J connectivity index is 2.11. The third-order valence-electron chi connectivity index (χ3n) is 3.37. The van der Waals surface area contributed by atoms with E-state index >= 15 is 0 Å². The van der Waals surface area contributed by atoms with Gasteiger partial charge in [0.15, 0.2) is 5.16 Å². The minimum atomic E-state index is 0.589. The van der Waals surface area contributed by atoms with Crippen LogP contribution in [0, 0.1) is 0 Å². The van der Waals surface area contributed by atoms with E-state index < -0.39 is 0 Å². The molecule has 1 fully saturated rings. The van der Waals surface area contributed by atoms with Gasteiger partial charge < -0.3 is 11.1 Å². The number of nitrogens with two attached hydrogens (primary N) is 1. The average Bonchev–Trinajstić information content (AvgIpc) is 2.90. The Labute approximate surface area is 113 Å². The van der Waals surface area contributed by atoms with Crippen LogP contribution in [-0.2, 0) is 6.42 Å². The van der Waals surface area contributed by atoms with Gasteiger partial charge in [-0.3, -0.25) is 0 Å². The van der Waals surface area contributed by atoms with Gasteiger partial charge >= 0.3 is 0 Å². The number of rotatable bonds is 6. The molecule has 2 rings (SSSR count). The third-order valence-corrected chi connectivity index (χ3v) is 3.93. The van der Waals surface area contributed by atoms with Crippen LogP contribution in [0.2, 0.25) is 0 Å². The number of nitrogens with zero attached hydrogens (tertiary/aromatic N) is 2. The second-order valence-corrected chi connectivity index (χ2v) is 5.52. The maximum Gasteiger partial charge on any atom is 0.189 e. The first kappa shape index (κ1) is 13.6. The summed E-state index contributed by atoms with van der Waals surface area (Å²) < 4.78 is 0. The van der Waals surface area contributed by atoms with Crippen molar-refractivity contribution >= 4 is 17.6 Å². The van der Waals surface area contributed by atoms with Crippen molar-refractivity contribution in [2.75, 3.05) is 18.1 Å². The summed E-state index contributed by atoms with van der Waals surface area (Å²) in [6.45, 7) is 0.715. The van der Waals surface area contributed by atoms with Crippen molar-refractivity contribution in [3.63, 3.8) is 0 Å². The Hall–Kier alpha value is -0.810. The molecule has 0 unspecified atom stereocenters. The molecule has 1 heterocycles. The quantitative estimate of drug-likeness (QED) is 0.611. The standard InChI is InChI=1S/C13H22N4S/c1-18-13-15-9-10(5-4-8-14)12(17-13)16-11-6-2-3-7-11/h9,11H,2-8,14H2,1H3,(H,15,16,17). The molecule has 0 radical (unpaired) electrons. The van der Waals surface area contributed by atoms with E-state index in [0.717, 1.165) is 23.8 Å². The number of thioether (sulfide) groups is 1. The highest BCUT2D eigenvalue weighted by molar-refractivity contribution is 7.98. The molecule has 1 aromatic heterocycles. The summed E-state index contributed by atoms with van der Waals surface area (Å²) in [6.07, 6.45) is 11.1. The summed E-state index contributed by atoms with van der Waals surface area (Å²) in [5.41, 5.74) is 6.78. The molecular formula is C13H22N4S. The van der Waals surface area contributed by atoms with Gasteiger partial charge in [0.2, 0.25) is 0 Å². The number of hydrogen-bond acceptors (Lipinski definition) is 5. The zero-order valence-electron chi connectivity index (χ0n) is 11.0. The average molecular weight is 266 g/mol. The molecule has 4 nitrogen and oxygen atoms in total. The number of aromatic nitrogens is 2. The van der Waals surface area contributed by atoms with Crippen molar-refractivity contribution < 1.29 is 0 Å². The highest BCUT2D eigenvalue weighted by Crippen LogP contribution is 2.24. The molecule has 100 valence electrons. The van der Waals surface area contributed by atoms with E-state index in [1.165, 1.54) is 31.2 Å². The van der Waals surface area contributed by atoms with Gasteiger partial charge in [-0.25, -0.2) is 9.97 Å². The van der Waals surface area contributed by atoms with Crippen molar-refractivity contribution in [2.45, 2.75) is 49.7 Å². The molecule has 3 N–H and O–H groups in total. The topological polar surface area (TPSA) is 63.8 Å². The summed E-state index contributed by atoms with van der Waals surface area (Å²) in [7, 11) is 0. The van der Waals surface area contributed by atoms with Gasteiger partial charge in [0.1, 0.15) is 5.82 Å². The molecule has 0 aliphatic heterocycles. The summed E-state index contributed by atoms with van der Waals surface area (Å²) in [5.74, 6) is 1.02. The van der Waals surface area contributed by atoms with Crippen LogP contribution in [0.3, 0.4) is 0 Å². The van der Waals surface area contributed by atoms with Crippen LogP contribution in [-0.4, -0.2) is 28.8 Å². The van der Waals surface area contributed by atoms with Crippen molar-refractivity contribution in [3.8, 4) is 0 Å². The molecule has 18 heavy (non-hydrogen) atoms. The van der Waals surface area contributed by atoms with Gasteiger partial charge in [-0.2, -0.15) is 0 Å². The predicted molar refractivity (Wildman–Crippen MR) is 77.1 cm³/mol. The fraction of sp³-hybridized carbons (Fsp3) is 0.692. The highest BCUT2D eigenvalue weighted by Gasteiger charge is 2.17. The fourth-order valence-corrected chi connectivity index (χ4v) is 2.69. The second kappa shape index (κ2) is 6.95. The predicted octanol–water partition coefficient (Wildman–Crippen LogP) is 2.44. The van der Waals surface area contributed by atoms with Gasteiger partial charge in [-0.15, -0.1) is 0 Å². The van der Waals surface area contributed by atoms with E-state index in [0.29, 0.717) is 12.6 Å². The molecule has 1 aliphatic rings. The van der Waals surface area contributed by atoms with Crippen molar-refractivity contribution in [1.29, 1.82) is 0 Å².